The molecule has 1 aliphatic carbocycles. The number of hydrogen-bond donors (Lipinski definition) is 1. The SMILES string of the molecule is CCc1cnc(CNC2CC(c3ccccc3Cl)C2)o1. The van der Waals surface area contributed by atoms with Gasteiger partial charge in [-0.1, -0.05) is 36.7 Å². The molecule has 3 nitrogen and oxygen atoms in total. The van der Waals surface area contributed by atoms with Crippen LogP contribution >= 0.6 is 11.6 Å². The molecule has 0 atom stereocenters. The number of benzene rings is 1. The number of rotatable bonds is 5. The van der Waals surface area contributed by atoms with Crippen molar-refractivity contribution in [1.29, 1.82) is 0 Å². The lowest BCUT2D eigenvalue weighted by molar-refractivity contribution is 0.278. The molecule has 0 saturated heterocycles. The Labute approximate surface area is 124 Å². The number of halogens is 1. The Morgan fingerprint density at radius 1 is 1.35 bits per heavy atom. The van der Waals surface area contributed by atoms with Gasteiger partial charge in [-0.2, -0.15) is 0 Å². The van der Waals surface area contributed by atoms with Gasteiger partial charge in [0.15, 0.2) is 0 Å². The second kappa shape index (κ2) is 5.98. The average molecular weight is 291 g/mol. The molecule has 0 aliphatic heterocycles. The Morgan fingerprint density at radius 3 is 2.85 bits per heavy atom. The molecule has 0 radical (unpaired) electrons. The summed E-state index contributed by atoms with van der Waals surface area (Å²) in [5.74, 6) is 2.31. The van der Waals surface area contributed by atoms with Crippen LogP contribution in [-0.2, 0) is 13.0 Å². The molecule has 4 heteroatoms. The number of nitrogens with one attached hydrogen (secondary N) is 1. The van der Waals surface area contributed by atoms with Crippen LogP contribution in [0.1, 0.15) is 42.9 Å². The van der Waals surface area contributed by atoms with Crippen molar-refractivity contribution >= 4 is 11.6 Å². The molecule has 106 valence electrons. The molecule has 1 aromatic heterocycles. The summed E-state index contributed by atoms with van der Waals surface area (Å²) < 4.78 is 5.59. The van der Waals surface area contributed by atoms with Crippen molar-refractivity contribution in [2.45, 2.75) is 44.7 Å². The van der Waals surface area contributed by atoms with Gasteiger partial charge < -0.3 is 9.73 Å². The van der Waals surface area contributed by atoms with E-state index in [1.54, 1.807) is 0 Å². The molecule has 0 unspecified atom stereocenters. The molecule has 1 aromatic carbocycles. The third kappa shape index (κ3) is 2.89. The summed E-state index contributed by atoms with van der Waals surface area (Å²) in [7, 11) is 0. The van der Waals surface area contributed by atoms with Gasteiger partial charge in [-0.15, -0.1) is 0 Å². The molecule has 2 aromatic rings. The van der Waals surface area contributed by atoms with Crippen LogP contribution in [0, 0.1) is 0 Å². The Morgan fingerprint density at radius 2 is 2.15 bits per heavy atom. The molecule has 1 N–H and O–H groups in total. The van der Waals surface area contributed by atoms with E-state index in [0.29, 0.717) is 18.5 Å². The van der Waals surface area contributed by atoms with Crippen molar-refractivity contribution in [3.8, 4) is 0 Å². The summed E-state index contributed by atoms with van der Waals surface area (Å²) in [5.41, 5.74) is 1.27. The maximum absolute atomic E-state index is 6.23. The van der Waals surface area contributed by atoms with Crippen molar-refractivity contribution in [3.63, 3.8) is 0 Å². The highest BCUT2D eigenvalue weighted by atomic mass is 35.5. The lowest BCUT2D eigenvalue weighted by Crippen LogP contribution is -2.39. The van der Waals surface area contributed by atoms with Crippen molar-refractivity contribution in [1.82, 2.24) is 10.3 Å². The van der Waals surface area contributed by atoms with Gasteiger partial charge in [0.2, 0.25) is 5.89 Å². The van der Waals surface area contributed by atoms with E-state index < -0.39 is 0 Å². The Bertz CT molecular complexity index is 575. The molecular formula is C16H19ClN2O. The molecule has 0 bridgehead atoms. The zero-order valence-corrected chi connectivity index (χ0v) is 12.4. The zero-order chi connectivity index (χ0) is 13.9. The first kappa shape index (κ1) is 13.7. The van der Waals surface area contributed by atoms with E-state index >= 15 is 0 Å². The molecule has 0 spiro atoms. The van der Waals surface area contributed by atoms with Crippen molar-refractivity contribution in [2.75, 3.05) is 0 Å². The van der Waals surface area contributed by atoms with Crippen LogP contribution in [0.15, 0.2) is 34.9 Å². The highest BCUT2D eigenvalue weighted by molar-refractivity contribution is 6.31. The van der Waals surface area contributed by atoms with Gasteiger partial charge in [-0.25, -0.2) is 4.98 Å². The summed E-state index contributed by atoms with van der Waals surface area (Å²) in [5, 5.41) is 4.38. The minimum Gasteiger partial charge on any atom is -0.444 e. The van der Waals surface area contributed by atoms with E-state index in [4.69, 9.17) is 16.0 Å². The first-order valence-corrected chi connectivity index (χ1v) is 7.55. The lowest BCUT2D eigenvalue weighted by Gasteiger charge is -2.36. The van der Waals surface area contributed by atoms with Crippen LogP contribution in [0.3, 0.4) is 0 Å². The van der Waals surface area contributed by atoms with Gasteiger partial charge >= 0.3 is 0 Å². The number of nitrogens with zero attached hydrogens (tertiary/aromatic N) is 1. The second-order valence-electron chi connectivity index (χ2n) is 5.34. The average Bonchev–Trinajstić information content (AvgIpc) is 2.87. The molecule has 3 rings (SSSR count). The van der Waals surface area contributed by atoms with Gasteiger partial charge in [0.25, 0.3) is 0 Å². The summed E-state index contributed by atoms with van der Waals surface area (Å²) >= 11 is 6.23. The highest BCUT2D eigenvalue weighted by Gasteiger charge is 2.31. The predicted molar refractivity (Wildman–Crippen MR) is 79.9 cm³/mol. The topological polar surface area (TPSA) is 38.1 Å². The minimum absolute atomic E-state index is 0.535. The van der Waals surface area contributed by atoms with Crippen LogP contribution in [-0.4, -0.2) is 11.0 Å². The molecule has 20 heavy (non-hydrogen) atoms. The van der Waals surface area contributed by atoms with E-state index in [1.165, 1.54) is 5.56 Å². The summed E-state index contributed by atoms with van der Waals surface area (Å²) in [4.78, 5) is 4.26. The quantitative estimate of drug-likeness (QED) is 0.907. The summed E-state index contributed by atoms with van der Waals surface area (Å²) in [6.07, 6.45) is 4.96. The maximum atomic E-state index is 6.23. The molecule has 1 fully saturated rings. The first-order valence-electron chi connectivity index (χ1n) is 7.17. The zero-order valence-electron chi connectivity index (χ0n) is 11.6. The van der Waals surface area contributed by atoms with Crippen LogP contribution in [0.25, 0.3) is 0 Å². The molecule has 1 aliphatic rings. The molecule has 1 saturated carbocycles. The highest BCUT2D eigenvalue weighted by Crippen LogP contribution is 2.39. The predicted octanol–water partition coefficient (Wildman–Crippen LogP) is 3.93. The van der Waals surface area contributed by atoms with E-state index in [1.807, 2.05) is 18.3 Å². The Hall–Kier alpha value is -1.32. The number of oxazole rings is 1. The third-order valence-corrected chi connectivity index (χ3v) is 4.32. The van der Waals surface area contributed by atoms with Crippen LogP contribution in [0.4, 0.5) is 0 Å². The summed E-state index contributed by atoms with van der Waals surface area (Å²) in [6, 6.07) is 8.67. The number of aromatic nitrogens is 1. The molecular weight excluding hydrogens is 272 g/mol. The standard InChI is InChI=1S/C16H19ClN2O/c1-2-13-9-19-16(20-13)10-18-12-7-11(8-12)14-5-3-4-6-15(14)17/h3-6,9,11-12,18H,2,7-8,10H2,1H3. The Balaban J connectivity index is 1.48. The van der Waals surface area contributed by atoms with Gasteiger partial charge in [-0.3, -0.25) is 0 Å². The minimum atomic E-state index is 0.535. The van der Waals surface area contributed by atoms with Gasteiger partial charge in [0, 0.05) is 17.5 Å². The smallest absolute Gasteiger partial charge is 0.208 e. The van der Waals surface area contributed by atoms with Crippen molar-refractivity contribution in [2.24, 2.45) is 0 Å². The molecule has 1 heterocycles. The van der Waals surface area contributed by atoms with E-state index in [2.05, 4.69) is 29.4 Å². The third-order valence-electron chi connectivity index (χ3n) is 3.97. The molecule has 0 amide bonds. The van der Waals surface area contributed by atoms with Crippen LogP contribution in [0.2, 0.25) is 5.02 Å². The second-order valence-corrected chi connectivity index (χ2v) is 5.75. The fraction of sp³-hybridized carbons (Fsp3) is 0.438. The van der Waals surface area contributed by atoms with Crippen molar-refractivity contribution in [3.05, 3.63) is 52.7 Å². The monoisotopic (exact) mass is 290 g/mol. The van der Waals surface area contributed by atoms with Crippen LogP contribution < -0.4 is 5.32 Å². The first-order chi connectivity index (χ1) is 9.76. The van der Waals surface area contributed by atoms with Gasteiger partial charge in [-0.05, 0) is 30.4 Å². The van der Waals surface area contributed by atoms with Crippen molar-refractivity contribution < 1.29 is 4.42 Å². The van der Waals surface area contributed by atoms with Gasteiger partial charge in [0.1, 0.15) is 5.76 Å². The Kier molecular flexibility index (Phi) is 4.08. The van der Waals surface area contributed by atoms with Crippen LogP contribution in [0.5, 0.6) is 0 Å². The lowest BCUT2D eigenvalue weighted by atomic mass is 9.76. The largest absolute Gasteiger partial charge is 0.444 e. The van der Waals surface area contributed by atoms with E-state index in [0.717, 1.165) is 35.9 Å². The summed E-state index contributed by atoms with van der Waals surface area (Å²) in [6.45, 7) is 2.78. The maximum Gasteiger partial charge on any atom is 0.208 e. The number of hydrogen-bond acceptors (Lipinski definition) is 3. The van der Waals surface area contributed by atoms with E-state index in [-0.39, 0.29) is 0 Å². The fourth-order valence-electron chi connectivity index (χ4n) is 2.67. The van der Waals surface area contributed by atoms with E-state index in [9.17, 15) is 0 Å². The normalized spacial score (nSPS) is 21.7. The van der Waals surface area contributed by atoms with Gasteiger partial charge in [0.05, 0.1) is 12.7 Å². The number of aryl methyl sites for hydroxylation is 1. The fourth-order valence-corrected chi connectivity index (χ4v) is 2.96.